The summed E-state index contributed by atoms with van der Waals surface area (Å²) in [5, 5.41) is 4.33. The second-order valence-corrected chi connectivity index (χ2v) is 7.33. The summed E-state index contributed by atoms with van der Waals surface area (Å²) in [6, 6.07) is 4.72. The third-order valence-corrected chi connectivity index (χ3v) is 4.93. The first-order valence-electron chi connectivity index (χ1n) is 7.16. The van der Waals surface area contributed by atoms with E-state index in [1.807, 2.05) is 0 Å². The molecule has 1 heterocycles. The largest absolute Gasteiger partial charge is 0.312 e. The van der Waals surface area contributed by atoms with Crippen LogP contribution in [0.5, 0.6) is 0 Å². The van der Waals surface area contributed by atoms with Crippen LogP contribution in [0.1, 0.15) is 31.3 Å². The summed E-state index contributed by atoms with van der Waals surface area (Å²) >= 11 is 5.12. The van der Waals surface area contributed by atoms with Crippen molar-refractivity contribution >= 4 is 27.3 Å². The normalized spacial score (nSPS) is 11.3. The minimum absolute atomic E-state index is 0.235. The van der Waals surface area contributed by atoms with E-state index in [1.54, 1.807) is 17.4 Å². The molecule has 0 saturated heterocycles. The number of benzene rings is 1. The second kappa shape index (κ2) is 7.47. The van der Waals surface area contributed by atoms with Gasteiger partial charge in [0.05, 0.1) is 5.69 Å². The van der Waals surface area contributed by atoms with Crippen LogP contribution in [0, 0.1) is 11.7 Å². The zero-order valence-electron chi connectivity index (χ0n) is 12.5. The number of nitrogens with zero attached hydrogens (tertiary/aromatic N) is 1. The average molecular weight is 371 g/mol. The fourth-order valence-corrected chi connectivity index (χ4v) is 3.76. The first-order chi connectivity index (χ1) is 10.0. The maximum Gasteiger partial charge on any atom is 0.125 e. The van der Waals surface area contributed by atoms with Crippen molar-refractivity contribution in [3.05, 3.63) is 39.1 Å². The van der Waals surface area contributed by atoms with Crippen molar-refractivity contribution < 1.29 is 4.39 Å². The number of nitrogens with one attached hydrogen (secondary N) is 1. The van der Waals surface area contributed by atoms with Crippen molar-refractivity contribution in [3.63, 3.8) is 0 Å². The summed E-state index contributed by atoms with van der Waals surface area (Å²) in [6.45, 7) is 8.29. The summed E-state index contributed by atoms with van der Waals surface area (Å²) in [5.41, 5.74) is 1.92. The molecule has 0 radical (unpaired) electrons. The van der Waals surface area contributed by atoms with Crippen LogP contribution >= 0.6 is 27.3 Å². The number of halogens is 2. The van der Waals surface area contributed by atoms with Crippen LogP contribution in [0.2, 0.25) is 0 Å². The van der Waals surface area contributed by atoms with Gasteiger partial charge in [0.25, 0.3) is 0 Å². The lowest BCUT2D eigenvalue weighted by Crippen LogP contribution is -2.18. The summed E-state index contributed by atoms with van der Waals surface area (Å²) in [6.07, 6.45) is 0.891. The molecule has 0 spiro atoms. The lowest BCUT2D eigenvalue weighted by Gasteiger charge is -2.06. The van der Waals surface area contributed by atoms with Gasteiger partial charge >= 0.3 is 0 Å². The van der Waals surface area contributed by atoms with Crippen molar-refractivity contribution in [2.24, 2.45) is 5.92 Å². The number of aryl methyl sites for hydroxylation is 1. The Morgan fingerprint density at radius 2 is 2.14 bits per heavy atom. The van der Waals surface area contributed by atoms with E-state index in [1.165, 1.54) is 17.0 Å². The quantitative estimate of drug-likeness (QED) is 0.771. The van der Waals surface area contributed by atoms with E-state index >= 15 is 0 Å². The van der Waals surface area contributed by atoms with E-state index in [0.29, 0.717) is 5.92 Å². The van der Waals surface area contributed by atoms with Gasteiger partial charge in [-0.25, -0.2) is 9.37 Å². The highest BCUT2D eigenvalue weighted by Crippen LogP contribution is 2.34. The molecular formula is C16H20BrFN2S. The molecule has 1 N–H and O–H groups in total. The van der Waals surface area contributed by atoms with E-state index in [2.05, 4.69) is 47.0 Å². The number of thiazole rings is 1. The van der Waals surface area contributed by atoms with Crippen LogP contribution in [0.3, 0.4) is 0 Å². The molecule has 1 aromatic carbocycles. The molecule has 2 aromatic rings. The van der Waals surface area contributed by atoms with Gasteiger partial charge in [-0.15, -0.1) is 11.3 Å². The summed E-state index contributed by atoms with van der Waals surface area (Å²) < 4.78 is 14.3. The molecule has 0 aliphatic rings. The van der Waals surface area contributed by atoms with E-state index in [9.17, 15) is 4.39 Å². The van der Waals surface area contributed by atoms with Gasteiger partial charge in [-0.05, 0) is 37.1 Å². The Morgan fingerprint density at radius 3 is 2.81 bits per heavy atom. The van der Waals surface area contributed by atoms with Crippen LogP contribution in [-0.4, -0.2) is 11.5 Å². The monoisotopic (exact) mass is 370 g/mol. The number of hydrogen-bond acceptors (Lipinski definition) is 3. The highest BCUT2D eigenvalue weighted by atomic mass is 79.9. The molecule has 1 aromatic heterocycles. The lowest BCUT2D eigenvalue weighted by atomic mass is 10.2. The van der Waals surface area contributed by atoms with Crippen LogP contribution in [-0.2, 0) is 13.0 Å². The first-order valence-corrected chi connectivity index (χ1v) is 8.77. The SMILES string of the molecule is CCc1nc(-c2cc(F)ccc2Br)sc1CNCC(C)C. The van der Waals surface area contributed by atoms with Gasteiger partial charge in [0, 0.05) is 21.5 Å². The van der Waals surface area contributed by atoms with Crippen LogP contribution in [0.25, 0.3) is 10.6 Å². The zero-order chi connectivity index (χ0) is 15.4. The molecule has 0 atom stereocenters. The van der Waals surface area contributed by atoms with Crippen molar-refractivity contribution in [1.29, 1.82) is 0 Å². The first kappa shape index (κ1) is 16.6. The van der Waals surface area contributed by atoms with Gasteiger partial charge in [0.2, 0.25) is 0 Å². The van der Waals surface area contributed by atoms with Gasteiger partial charge < -0.3 is 5.32 Å². The Balaban J connectivity index is 2.25. The van der Waals surface area contributed by atoms with Crippen molar-refractivity contribution in [3.8, 4) is 10.6 Å². The Kier molecular flexibility index (Phi) is 5.90. The van der Waals surface area contributed by atoms with Crippen molar-refractivity contribution in [2.45, 2.75) is 33.7 Å². The molecule has 0 aliphatic carbocycles. The molecule has 0 amide bonds. The molecule has 0 aliphatic heterocycles. The van der Waals surface area contributed by atoms with E-state index in [4.69, 9.17) is 0 Å². The Labute approximate surface area is 137 Å². The summed E-state index contributed by atoms with van der Waals surface area (Å²) in [4.78, 5) is 5.92. The highest BCUT2D eigenvalue weighted by Gasteiger charge is 2.14. The lowest BCUT2D eigenvalue weighted by molar-refractivity contribution is 0.553. The molecule has 2 nitrogen and oxygen atoms in total. The fourth-order valence-electron chi connectivity index (χ4n) is 2.05. The van der Waals surface area contributed by atoms with Crippen LogP contribution < -0.4 is 5.32 Å². The topological polar surface area (TPSA) is 24.9 Å². The molecule has 0 unspecified atom stereocenters. The highest BCUT2D eigenvalue weighted by molar-refractivity contribution is 9.10. The van der Waals surface area contributed by atoms with Gasteiger partial charge in [-0.2, -0.15) is 0 Å². The fraction of sp³-hybridized carbons (Fsp3) is 0.438. The predicted molar refractivity (Wildman–Crippen MR) is 91.1 cm³/mol. The maximum absolute atomic E-state index is 13.5. The Hall–Kier alpha value is -0.780. The average Bonchev–Trinajstić information content (AvgIpc) is 2.84. The number of aromatic nitrogens is 1. The van der Waals surface area contributed by atoms with Crippen molar-refractivity contribution in [1.82, 2.24) is 10.3 Å². The Bertz CT molecular complexity index is 610. The van der Waals surface area contributed by atoms with E-state index in [0.717, 1.165) is 40.2 Å². The summed E-state index contributed by atoms with van der Waals surface area (Å²) in [7, 11) is 0. The van der Waals surface area contributed by atoms with E-state index < -0.39 is 0 Å². The second-order valence-electron chi connectivity index (χ2n) is 5.39. The molecule has 0 saturated carbocycles. The predicted octanol–water partition coefficient (Wildman–Crippen LogP) is 5.02. The molecule has 5 heteroatoms. The minimum Gasteiger partial charge on any atom is -0.312 e. The van der Waals surface area contributed by atoms with Gasteiger partial charge in [0.15, 0.2) is 0 Å². The smallest absolute Gasteiger partial charge is 0.125 e. The molecule has 0 fully saturated rings. The number of hydrogen-bond donors (Lipinski definition) is 1. The molecule has 21 heavy (non-hydrogen) atoms. The molecule has 2 rings (SSSR count). The minimum atomic E-state index is -0.235. The van der Waals surface area contributed by atoms with Gasteiger partial charge in [0.1, 0.15) is 10.8 Å². The van der Waals surface area contributed by atoms with Crippen molar-refractivity contribution in [2.75, 3.05) is 6.54 Å². The standard InChI is InChI=1S/C16H20BrFN2S/c1-4-14-15(9-19-8-10(2)3)21-16(20-14)12-7-11(18)5-6-13(12)17/h5-7,10,19H,4,8-9H2,1-3H3. The van der Waals surface area contributed by atoms with Crippen LogP contribution in [0.4, 0.5) is 4.39 Å². The van der Waals surface area contributed by atoms with E-state index in [-0.39, 0.29) is 5.82 Å². The van der Waals surface area contributed by atoms with Gasteiger partial charge in [-0.3, -0.25) is 0 Å². The van der Waals surface area contributed by atoms with Gasteiger partial charge in [-0.1, -0.05) is 36.7 Å². The molecule has 114 valence electrons. The maximum atomic E-state index is 13.5. The zero-order valence-corrected chi connectivity index (χ0v) is 14.9. The molecular weight excluding hydrogens is 351 g/mol. The Morgan fingerprint density at radius 1 is 1.38 bits per heavy atom. The van der Waals surface area contributed by atoms with Crippen LogP contribution in [0.15, 0.2) is 22.7 Å². The third-order valence-electron chi connectivity index (χ3n) is 3.11. The third kappa shape index (κ3) is 4.34. The number of rotatable bonds is 6. The summed E-state index contributed by atoms with van der Waals surface area (Å²) in [5.74, 6) is 0.390. The molecule has 0 bridgehead atoms.